The van der Waals surface area contributed by atoms with E-state index in [1.807, 2.05) is 0 Å². The van der Waals surface area contributed by atoms with Gasteiger partial charge in [-0.15, -0.1) is 0 Å². The van der Waals surface area contributed by atoms with Crippen LogP contribution < -0.4 is 4.90 Å². The third-order valence-electron chi connectivity index (χ3n) is 1.94. The first-order chi connectivity index (χ1) is 6.93. The standard InChI is InChI=1S/C10H12Cl2N2O/c1-13(2)10(15)14(3)9-5-4-7(11)6-8(9)12/h4-6H,1-3H3. The second-order valence-corrected chi connectivity index (χ2v) is 4.18. The van der Waals surface area contributed by atoms with E-state index in [1.165, 1.54) is 9.80 Å². The third kappa shape index (κ3) is 2.76. The molecule has 0 unspecified atom stereocenters. The molecule has 1 aromatic carbocycles. The predicted octanol–water partition coefficient (Wildman–Crippen LogP) is 3.11. The van der Waals surface area contributed by atoms with Gasteiger partial charge in [-0.2, -0.15) is 0 Å². The van der Waals surface area contributed by atoms with Crippen molar-refractivity contribution >= 4 is 34.9 Å². The monoisotopic (exact) mass is 246 g/mol. The summed E-state index contributed by atoms with van der Waals surface area (Å²) in [6, 6.07) is 4.88. The number of anilines is 1. The number of rotatable bonds is 1. The zero-order valence-electron chi connectivity index (χ0n) is 8.79. The molecule has 0 bridgehead atoms. The minimum absolute atomic E-state index is 0.140. The summed E-state index contributed by atoms with van der Waals surface area (Å²) in [5.41, 5.74) is 0.639. The molecule has 0 N–H and O–H groups in total. The Bertz CT molecular complexity index is 380. The predicted molar refractivity (Wildman–Crippen MR) is 63.9 cm³/mol. The van der Waals surface area contributed by atoms with Crippen molar-refractivity contribution in [2.24, 2.45) is 0 Å². The van der Waals surface area contributed by atoms with Crippen molar-refractivity contribution < 1.29 is 4.79 Å². The van der Waals surface area contributed by atoms with E-state index >= 15 is 0 Å². The fourth-order valence-corrected chi connectivity index (χ4v) is 1.69. The molecule has 0 atom stereocenters. The first-order valence-corrected chi connectivity index (χ1v) is 5.09. The molecule has 0 aromatic heterocycles. The number of halogens is 2. The summed E-state index contributed by atoms with van der Waals surface area (Å²) in [5.74, 6) is 0. The number of amides is 2. The lowest BCUT2D eigenvalue weighted by atomic mass is 10.3. The molecular formula is C10H12Cl2N2O. The summed E-state index contributed by atoms with van der Waals surface area (Å²) in [6.07, 6.45) is 0. The molecule has 0 saturated carbocycles. The van der Waals surface area contributed by atoms with Crippen LogP contribution in [0.3, 0.4) is 0 Å². The average molecular weight is 247 g/mol. The molecule has 2 amide bonds. The number of hydrogen-bond donors (Lipinski definition) is 0. The SMILES string of the molecule is CN(C)C(=O)N(C)c1ccc(Cl)cc1Cl. The van der Waals surface area contributed by atoms with Gasteiger partial charge in [-0.25, -0.2) is 4.79 Å². The lowest BCUT2D eigenvalue weighted by Crippen LogP contribution is -2.36. The van der Waals surface area contributed by atoms with E-state index in [0.717, 1.165) is 0 Å². The molecule has 0 radical (unpaired) electrons. The molecule has 0 spiro atoms. The van der Waals surface area contributed by atoms with Crippen molar-refractivity contribution in [3.8, 4) is 0 Å². The van der Waals surface area contributed by atoms with Crippen LogP contribution in [0, 0.1) is 0 Å². The van der Waals surface area contributed by atoms with Gasteiger partial charge in [0.25, 0.3) is 0 Å². The number of carbonyl (C=O) groups excluding carboxylic acids is 1. The quantitative estimate of drug-likeness (QED) is 0.747. The summed E-state index contributed by atoms with van der Waals surface area (Å²) in [6.45, 7) is 0. The maximum atomic E-state index is 11.6. The zero-order chi connectivity index (χ0) is 11.6. The second kappa shape index (κ2) is 4.73. The smallest absolute Gasteiger partial charge is 0.323 e. The lowest BCUT2D eigenvalue weighted by molar-refractivity contribution is 0.225. The molecule has 0 fully saturated rings. The van der Waals surface area contributed by atoms with E-state index in [-0.39, 0.29) is 6.03 Å². The van der Waals surface area contributed by atoms with Crippen molar-refractivity contribution in [1.29, 1.82) is 0 Å². The Labute approximate surface area is 99.2 Å². The topological polar surface area (TPSA) is 23.6 Å². The van der Waals surface area contributed by atoms with E-state index in [9.17, 15) is 4.79 Å². The number of benzene rings is 1. The molecule has 1 rings (SSSR count). The van der Waals surface area contributed by atoms with Crippen LogP contribution >= 0.6 is 23.2 Å². The van der Waals surface area contributed by atoms with Crippen LogP contribution in [0.2, 0.25) is 10.0 Å². The second-order valence-electron chi connectivity index (χ2n) is 3.33. The molecule has 0 aliphatic rings. The Morgan fingerprint density at radius 2 is 1.80 bits per heavy atom. The van der Waals surface area contributed by atoms with Gasteiger partial charge in [0.1, 0.15) is 0 Å². The fourth-order valence-electron chi connectivity index (χ4n) is 1.16. The molecule has 0 saturated heterocycles. The Hall–Kier alpha value is -0.930. The van der Waals surface area contributed by atoms with Gasteiger partial charge in [0.05, 0.1) is 10.7 Å². The van der Waals surface area contributed by atoms with E-state index < -0.39 is 0 Å². The van der Waals surface area contributed by atoms with E-state index in [2.05, 4.69) is 0 Å². The highest BCUT2D eigenvalue weighted by atomic mass is 35.5. The van der Waals surface area contributed by atoms with Gasteiger partial charge in [0.15, 0.2) is 0 Å². The molecule has 15 heavy (non-hydrogen) atoms. The van der Waals surface area contributed by atoms with Crippen molar-refractivity contribution in [2.75, 3.05) is 26.0 Å². The van der Waals surface area contributed by atoms with Gasteiger partial charge < -0.3 is 4.90 Å². The average Bonchev–Trinajstić information content (AvgIpc) is 2.15. The molecule has 5 heteroatoms. The van der Waals surface area contributed by atoms with Gasteiger partial charge in [0, 0.05) is 26.2 Å². The number of urea groups is 1. The summed E-state index contributed by atoms with van der Waals surface area (Å²) >= 11 is 11.7. The van der Waals surface area contributed by atoms with Crippen LogP contribution in [0.4, 0.5) is 10.5 Å². The number of hydrogen-bond acceptors (Lipinski definition) is 1. The maximum Gasteiger partial charge on any atom is 0.323 e. The van der Waals surface area contributed by atoms with Crippen LogP contribution in [0.1, 0.15) is 0 Å². The van der Waals surface area contributed by atoms with Gasteiger partial charge in [-0.3, -0.25) is 4.90 Å². The Morgan fingerprint density at radius 1 is 1.20 bits per heavy atom. The summed E-state index contributed by atoms with van der Waals surface area (Å²) in [5, 5.41) is 1.01. The van der Waals surface area contributed by atoms with Gasteiger partial charge >= 0.3 is 6.03 Å². The highest BCUT2D eigenvalue weighted by Gasteiger charge is 2.15. The normalized spacial score (nSPS) is 9.93. The highest BCUT2D eigenvalue weighted by molar-refractivity contribution is 6.36. The van der Waals surface area contributed by atoms with Crippen molar-refractivity contribution in [1.82, 2.24) is 4.90 Å². The first kappa shape index (κ1) is 12.1. The molecular weight excluding hydrogens is 235 g/mol. The van der Waals surface area contributed by atoms with E-state index in [1.54, 1.807) is 39.3 Å². The molecule has 82 valence electrons. The highest BCUT2D eigenvalue weighted by Crippen LogP contribution is 2.28. The Kier molecular flexibility index (Phi) is 3.83. The maximum absolute atomic E-state index is 11.6. The van der Waals surface area contributed by atoms with Crippen LogP contribution in [-0.2, 0) is 0 Å². The van der Waals surface area contributed by atoms with Crippen molar-refractivity contribution in [2.45, 2.75) is 0 Å². The summed E-state index contributed by atoms with van der Waals surface area (Å²) in [4.78, 5) is 14.6. The molecule has 3 nitrogen and oxygen atoms in total. The molecule has 1 aromatic rings. The largest absolute Gasteiger partial charge is 0.330 e. The Morgan fingerprint density at radius 3 is 2.27 bits per heavy atom. The zero-order valence-corrected chi connectivity index (χ0v) is 10.3. The van der Waals surface area contributed by atoms with Gasteiger partial charge in [0.2, 0.25) is 0 Å². The molecule has 0 aliphatic carbocycles. The van der Waals surface area contributed by atoms with Crippen LogP contribution in [-0.4, -0.2) is 32.1 Å². The Balaban J connectivity index is 3.01. The lowest BCUT2D eigenvalue weighted by Gasteiger charge is -2.22. The van der Waals surface area contributed by atoms with Crippen LogP contribution in [0.5, 0.6) is 0 Å². The van der Waals surface area contributed by atoms with Gasteiger partial charge in [-0.05, 0) is 18.2 Å². The minimum Gasteiger partial charge on any atom is -0.330 e. The summed E-state index contributed by atoms with van der Waals surface area (Å²) < 4.78 is 0. The van der Waals surface area contributed by atoms with E-state index in [0.29, 0.717) is 15.7 Å². The fraction of sp³-hybridized carbons (Fsp3) is 0.300. The van der Waals surface area contributed by atoms with Crippen molar-refractivity contribution in [3.63, 3.8) is 0 Å². The number of nitrogens with zero attached hydrogens (tertiary/aromatic N) is 2. The number of carbonyl (C=O) groups is 1. The van der Waals surface area contributed by atoms with Crippen molar-refractivity contribution in [3.05, 3.63) is 28.2 Å². The molecule has 0 aliphatic heterocycles. The first-order valence-electron chi connectivity index (χ1n) is 4.33. The van der Waals surface area contributed by atoms with E-state index in [4.69, 9.17) is 23.2 Å². The third-order valence-corrected chi connectivity index (χ3v) is 2.48. The summed E-state index contributed by atoms with van der Waals surface area (Å²) in [7, 11) is 5.03. The van der Waals surface area contributed by atoms with Gasteiger partial charge in [-0.1, -0.05) is 23.2 Å². The molecule has 0 heterocycles. The van der Waals surface area contributed by atoms with Crippen LogP contribution in [0.25, 0.3) is 0 Å². The van der Waals surface area contributed by atoms with Crippen LogP contribution in [0.15, 0.2) is 18.2 Å². The minimum atomic E-state index is -0.140.